The molecule has 2 rings (SSSR count). The van der Waals surface area contributed by atoms with Gasteiger partial charge in [0, 0.05) is 7.11 Å². The highest BCUT2D eigenvalue weighted by atomic mass is 16.5. The highest BCUT2D eigenvalue weighted by molar-refractivity contribution is 4.83. The van der Waals surface area contributed by atoms with Crippen molar-refractivity contribution in [3.63, 3.8) is 0 Å². The van der Waals surface area contributed by atoms with Crippen LogP contribution in [0, 0.1) is 11.8 Å². The quantitative estimate of drug-likeness (QED) is 0.564. The SMILES string of the molecule is COC1C[C@H]2CCC[C@@H](C1)C2. The summed E-state index contributed by atoms with van der Waals surface area (Å²) < 4.78 is 5.43. The molecule has 1 unspecified atom stereocenters. The van der Waals surface area contributed by atoms with E-state index in [9.17, 15) is 0 Å². The van der Waals surface area contributed by atoms with Crippen LogP contribution >= 0.6 is 0 Å². The van der Waals surface area contributed by atoms with Gasteiger partial charge in [-0.25, -0.2) is 0 Å². The molecule has 0 spiro atoms. The Morgan fingerprint density at radius 2 is 1.64 bits per heavy atom. The van der Waals surface area contributed by atoms with Crippen molar-refractivity contribution in [1.29, 1.82) is 0 Å². The summed E-state index contributed by atoms with van der Waals surface area (Å²) in [6.45, 7) is 0. The maximum Gasteiger partial charge on any atom is 0.0576 e. The molecule has 2 aliphatic carbocycles. The minimum absolute atomic E-state index is 0.596. The molecule has 3 atom stereocenters. The van der Waals surface area contributed by atoms with E-state index in [0.717, 1.165) is 11.8 Å². The van der Waals surface area contributed by atoms with E-state index in [-0.39, 0.29) is 0 Å². The van der Waals surface area contributed by atoms with Crippen LogP contribution in [0.2, 0.25) is 0 Å². The van der Waals surface area contributed by atoms with E-state index < -0.39 is 0 Å². The zero-order chi connectivity index (χ0) is 7.68. The van der Waals surface area contributed by atoms with Crippen molar-refractivity contribution in [1.82, 2.24) is 0 Å². The Bertz CT molecular complexity index is 121. The van der Waals surface area contributed by atoms with Crippen molar-refractivity contribution >= 4 is 0 Å². The summed E-state index contributed by atoms with van der Waals surface area (Å²) >= 11 is 0. The summed E-state index contributed by atoms with van der Waals surface area (Å²) in [7, 11) is 1.87. The first-order valence-electron chi connectivity index (χ1n) is 4.91. The van der Waals surface area contributed by atoms with E-state index in [2.05, 4.69) is 0 Å². The van der Waals surface area contributed by atoms with E-state index in [0.29, 0.717) is 6.10 Å². The molecule has 0 heterocycles. The van der Waals surface area contributed by atoms with Gasteiger partial charge in [0.1, 0.15) is 0 Å². The second-order valence-electron chi connectivity index (χ2n) is 4.23. The Kier molecular flexibility index (Phi) is 2.17. The number of methoxy groups -OCH3 is 1. The summed E-state index contributed by atoms with van der Waals surface area (Å²) in [6, 6.07) is 0. The second-order valence-corrected chi connectivity index (χ2v) is 4.23. The van der Waals surface area contributed by atoms with E-state index in [1.165, 1.54) is 38.5 Å². The summed E-state index contributed by atoms with van der Waals surface area (Å²) in [4.78, 5) is 0. The molecule has 2 fully saturated rings. The van der Waals surface area contributed by atoms with Crippen molar-refractivity contribution in [2.45, 2.75) is 44.6 Å². The summed E-state index contributed by atoms with van der Waals surface area (Å²) in [6.07, 6.45) is 9.19. The highest BCUT2D eigenvalue weighted by Crippen LogP contribution is 2.40. The second kappa shape index (κ2) is 3.14. The highest BCUT2D eigenvalue weighted by Gasteiger charge is 2.31. The largest absolute Gasteiger partial charge is 0.381 e. The van der Waals surface area contributed by atoms with Crippen molar-refractivity contribution < 1.29 is 4.74 Å². The zero-order valence-electron chi connectivity index (χ0n) is 7.38. The van der Waals surface area contributed by atoms with Crippen LogP contribution in [0.15, 0.2) is 0 Å². The Hall–Kier alpha value is -0.0400. The molecule has 2 saturated carbocycles. The van der Waals surface area contributed by atoms with Crippen molar-refractivity contribution in [3.05, 3.63) is 0 Å². The van der Waals surface area contributed by atoms with Gasteiger partial charge in [0.2, 0.25) is 0 Å². The monoisotopic (exact) mass is 154 g/mol. The number of fused-ring (bicyclic) bond motifs is 2. The van der Waals surface area contributed by atoms with Crippen LogP contribution < -0.4 is 0 Å². The lowest BCUT2D eigenvalue weighted by molar-refractivity contribution is 0.0110. The Balaban J connectivity index is 1.94. The first kappa shape index (κ1) is 7.60. The molecule has 64 valence electrons. The molecule has 11 heavy (non-hydrogen) atoms. The average molecular weight is 154 g/mol. The number of rotatable bonds is 1. The van der Waals surface area contributed by atoms with Crippen LogP contribution in [0.4, 0.5) is 0 Å². The smallest absolute Gasteiger partial charge is 0.0576 e. The molecule has 2 bridgehead atoms. The number of ether oxygens (including phenoxy) is 1. The molecule has 0 aliphatic heterocycles. The normalized spacial score (nSPS) is 43.9. The van der Waals surface area contributed by atoms with E-state index in [1.54, 1.807) is 0 Å². The van der Waals surface area contributed by atoms with Crippen molar-refractivity contribution in [3.8, 4) is 0 Å². The molecule has 0 aromatic carbocycles. The third-order valence-electron chi connectivity index (χ3n) is 3.42. The predicted octanol–water partition coefficient (Wildman–Crippen LogP) is 2.60. The zero-order valence-corrected chi connectivity index (χ0v) is 7.38. The number of hydrogen-bond acceptors (Lipinski definition) is 1. The van der Waals surface area contributed by atoms with Crippen LogP contribution in [0.1, 0.15) is 38.5 Å². The lowest BCUT2D eigenvalue weighted by Crippen LogP contribution is -2.30. The molecular formula is C10H18O. The van der Waals surface area contributed by atoms with Crippen molar-refractivity contribution in [2.75, 3.05) is 7.11 Å². The Morgan fingerprint density at radius 3 is 2.18 bits per heavy atom. The van der Waals surface area contributed by atoms with Gasteiger partial charge in [-0.05, 0) is 31.1 Å². The molecule has 0 N–H and O–H groups in total. The Labute approximate surface area is 69.1 Å². The molecule has 2 aliphatic rings. The molecule has 0 amide bonds. The minimum atomic E-state index is 0.596. The molecule has 0 saturated heterocycles. The lowest BCUT2D eigenvalue weighted by atomic mass is 9.71. The van der Waals surface area contributed by atoms with Gasteiger partial charge in [0.05, 0.1) is 6.10 Å². The van der Waals surface area contributed by atoms with Crippen molar-refractivity contribution in [2.24, 2.45) is 11.8 Å². The fourth-order valence-corrected chi connectivity index (χ4v) is 2.86. The minimum Gasteiger partial charge on any atom is -0.381 e. The van der Waals surface area contributed by atoms with Gasteiger partial charge in [-0.15, -0.1) is 0 Å². The molecular weight excluding hydrogens is 136 g/mol. The molecule has 0 radical (unpaired) electrons. The van der Waals surface area contributed by atoms with Gasteiger partial charge in [-0.3, -0.25) is 0 Å². The fraction of sp³-hybridized carbons (Fsp3) is 1.00. The molecule has 1 heteroatoms. The van der Waals surface area contributed by atoms with Crippen LogP contribution in [-0.4, -0.2) is 13.2 Å². The molecule has 1 nitrogen and oxygen atoms in total. The van der Waals surface area contributed by atoms with E-state index in [1.807, 2.05) is 7.11 Å². The average Bonchev–Trinajstić information content (AvgIpc) is 2.03. The van der Waals surface area contributed by atoms with Crippen LogP contribution in [0.25, 0.3) is 0 Å². The van der Waals surface area contributed by atoms with Gasteiger partial charge in [-0.2, -0.15) is 0 Å². The van der Waals surface area contributed by atoms with Gasteiger partial charge < -0.3 is 4.74 Å². The van der Waals surface area contributed by atoms with Gasteiger partial charge >= 0.3 is 0 Å². The maximum atomic E-state index is 5.43. The van der Waals surface area contributed by atoms with Crippen LogP contribution in [0.5, 0.6) is 0 Å². The molecule has 0 aromatic heterocycles. The summed E-state index contributed by atoms with van der Waals surface area (Å²) in [5, 5.41) is 0. The summed E-state index contributed by atoms with van der Waals surface area (Å²) in [5.41, 5.74) is 0. The fourth-order valence-electron chi connectivity index (χ4n) is 2.86. The topological polar surface area (TPSA) is 9.23 Å². The predicted molar refractivity (Wildman–Crippen MR) is 45.5 cm³/mol. The van der Waals surface area contributed by atoms with Gasteiger partial charge in [0.15, 0.2) is 0 Å². The first-order chi connectivity index (χ1) is 5.38. The molecule has 0 aromatic rings. The van der Waals surface area contributed by atoms with Gasteiger partial charge in [-0.1, -0.05) is 19.3 Å². The summed E-state index contributed by atoms with van der Waals surface area (Å²) in [5.74, 6) is 2.01. The number of hydrogen-bond donors (Lipinski definition) is 0. The van der Waals surface area contributed by atoms with E-state index >= 15 is 0 Å². The van der Waals surface area contributed by atoms with E-state index in [4.69, 9.17) is 4.74 Å². The Morgan fingerprint density at radius 1 is 1.00 bits per heavy atom. The lowest BCUT2D eigenvalue weighted by Gasteiger charge is -2.38. The van der Waals surface area contributed by atoms with Crippen LogP contribution in [0.3, 0.4) is 0 Å². The standard InChI is InChI=1S/C10H18O/c1-11-10-6-8-3-2-4-9(5-8)7-10/h8-10H,2-7H2,1H3/t8-,9+,10?. The maximum absolute atomic E-state index is 5.43. The van der Waals surface area contributed by atoms with Gasteiger partial charge in [0.25, 0.3) is 0 Å². The first-order valence-corrected chi connectivity index (χ1v) is 4.91. The van der Waals surface area contributed by atoms with Crippen LogP contribution in [-0.2, 0) is 4.74 Å². The third kappa shape index (κ3) is 1.58. The third-order valence-corrected chi connectivity index (χ3v) is 3.42.